The van der Waals surface area contributed by atoms with Crippen molar-refractivity contribution in [3.63, 3.8) is 0 Å². The number of carbonyl (C=O) groups excluding carboxylic acids is 2. The Bertz CT molecular complexity index is 3010. The average Bonchev–Trinajstić information content (AvgIpc) is 3.72. The van der Waals surface area contributed by atoms with Crippen molar-refractivity contribution in [2.24, 2.45) is 14.1 Å². The Morgan fingerprint density at radius 2 is 0.983 bits per heavy atom. The van der Waals surface area contributed by atoms with Gasteiger partial charge in [0.1, 0.15) is 17.2 Å². The summed E-state index contributed by atoms with van der Waals surface area (Å²) in [5, 5.41) is 18.7. The van der Waals surface area contributed by atoms with Gasteiger partial charge in [-0.15, -0.1) is 0 Å². The van der Waals surface area contributed by atoms with Crippen molar-refractivity contribution in [1.82, 2.24) is 19.1 Å². The molecule has 8 rings (SSSR count). The first kappa shape index (κ1) is 41.6. The van der Waals surface area contributed by atoms with Crippen molar-refractivity contribution in [1.29, 1.82) is 0 Å². The van der Waals surface area contributed by atoms with Crippen LogP contribution in [-0.2, 0) is 14.1 Å². The number of nitro benzene ring substituents is 1. The normalized spacial score (nSPS) is 11.0. The maximum absolute atomic E-state index is 12.8. The van der Waals surface area contributed by atoms with E-state index in [0.29, 0.717) is 55.1 Å². The summed E-state index contributed by atoms with van der Waals surface area (Å²) in [5.41, 5.74) is 10.7. The van der Waals surface area contributed by atoms with E-state index in [1.54, 1.807) is 60.1 Å². The molecule has 0 fully saturated rings. The number of anilines is 2. The molecule has 0 saturated heterocycles. The zero-order valence-electron chi connectivity index (χ0n) is 33.4. The van der Waals surface area contributed by atoms with E-state index in [2.05, 4.69) is 20.6 Å². The quantitative estimate of drug-likeness (QED) is 0.121. The molecular formula is C46H38Cl3N7O4. The molecule has 0 bridgehead atoms. The van der Waals surface area contributed by atoms with Crippen molar-refractivity contribution in [3.8, 4) is 22.8 Å². The van der Waals surface area contributed by atoms with Gasteiger partial charge in [0.15, 0.2) is 0 Å². The maximum atomic E-state index is 12.8. The Morgan fingerprint density at radius 3 is 1.42 bits per heavy atom. The number of carbonyl (C=O) groups is 2. The lowest BCUT2D eigenvalue weighted by Crippen LogP contribution is -2.12. The zero-order valence-corrected chi connectivity index (χ0v) is 35.7. The van der Waals surface area contributed by atoms with Crippen molar-refractivity contribution in [2.45, 2.75) is 27.7 Å². The number of amides is 2. The number of hydrogen-bond donors (Lipinski definition) is 2. The fraction of sp³-hybridized carbons (Fsp3) is 0.130. The zero-order chi connectivity index (χ0) is 43.0. The fourth-order valence-corrected chi connectivity index (χ4v) is 7.57. The van der Waals surface area contributed by atoms with Gasteiger partial charge in [0.05, 0.1) is 47.6 Å². The molecule has 6 aromatic carbocycles. The number of imidazole rings is 2. The summed E-state index contributed by atoms with van der Waals surface area (Å²) in [6.45, 7) is 8.06. The van der Waals surface area contributed by atoms with Crippen LogP contribution in [-0.4, -0.2) is 35.8 Å². The molecule has 0 atom stereocenters. The monoisotopic (exact) mass is 857 g/mol. The molecule has 2 amide bonds. The highest BCUT2D eigenvalue weighted by Crippen LogP contribution is 2.38. The van der Waals surface area contributed by atoms with E-state index >= 15 is 0 Å². The fourth-order valence-electron chi connectivity index (χ4n) is 6.75. The molecule has 0 unspecified atom stereocenters. The Labute approximate surface area is 360 Å². The predicted molar refractivity (Wildman–Crippen MR) is 242 cm³/mol. The van der Waals surface area contributed by atoms with Gasteiger partial charge >= 0.3 is 0 Å². The van der Waals surface area contributed by atoms with Gasteiger partial charge in [-0.2, -0.15) is 0 Å². The number of fused-ring (bicyclic) bond motifs is 2. The third-order valence-corrected chi connectivity index (χ3v) is 11.4. The predicted octanol–water partition coefficient (Wildman–Crippen LogP) is 12.1. The first-order valence-corrected chi connectivity index (χ1v) is 19.8. The van der Waals surface area contributed by atoms with Crippen molar-refractivity contribution in [3.05, 3.63) is 168 Å². The van der Waals surface area contributed by atoms with Crippen LogP contribution in [0.15, 0.2) is 109 Å². The van der Waals surface area contributed by atoms with Crippen LogP contribution in [0.25, 0.3) is 44.8 Å². The molecule has 0 radical (unpaired) electrons. The van der Waals surface area contributed by atoms with Crippen LogP contribution in [0.5, 0.6) is 0 Å². The smallest absolute Gasteiger partial charge is 0.281 e. The molecule has 0 aliphatic rings. The second-order valence-corrected chi connectivity index (χ2v) is 15.6. The number of aromatic nitrogens is 4. The molecule has 0 aliphatic carbocycles. The molecule has 2 N–H and O–H groups in total. The molecule has 11 nitrogen and oxygen atoms in total. The summed E-state index contributed by atoms with van der Waals surface area (Å²) >= 11 is 19.0. The van der Waals surface area contributed by atoms with E-state index in [1.807, 2.05) is 87.8 Å². The summed E-state index contributed by atoms with van der Waals surface area (Å²) in [7, 11) is 3.62. The maximum Gasteiger partial charge on any atom is 0.281 e. The van der Waals surface area contributed by atoms with Crippen LogP contribution in [0.1, 0.15) is 43.0 Å². The van der Waals surface area contributed by atoms with E-state index in [-0.39, 0.29) is 28.1 Å². The molecule has 0 saturated carbocycles. The van der Waals surface area contributed by atoms with Crippen LogP contribution in [0.4, 0.5) is 17.1 Å². The molecule has 2 heterocycles. The molecule has 14 heteroatoms. The van der Waals surface area contributed by atoms with Crippen LogP contribution < -0.4 is 10.6 Å². The highest BCUT2D eigenvalue weighted by Gasteiger charge is 2.24. The van der Waals surface area contributed by atoms with Gasteiger partial charge in [0.25, 0.3) is 17.5 Å². The van der Waals surface area contributed by atoms with Gasteiger partial charge in [-0.25, -0.2) is 9.97 Å². The van der Waals surface area contributed by atoms with E-state index in [4.69, 9.17) is 34.8 Å². The standard InChI is InChI=1S/C23H19Cl2N3O.C23H19ClN4O3/c1-13-7-9-16(11-14(13)2)26-23(29)15-8-10-19-20(12-15)28(3)22(27-19)21-17(24)5-4-6-18(21)25;1-13-7-9-16(11-14(13)2)25-23(29)15-8-10-18-20(12-15)27(3)22(26-18)21-17(24)5-4-6-19(21)28(30)31/h4-12H,1-3H3,(H,26,29);4-12H,1-3H3,(H,25,29). The van der Waals surface area contributed by atoms with Crippen LogP contribution >= 0.6 is 34.8 Å². The topological polar surface area (TPSA) is 137 Å². The molecular weight excluding hydrogens is 821 g/mol. The highest BCUT2D eigenvalue weighted by molar-refractivity contribution is 6.39. The second kappa shape index (κ2) is 17.0. The number of halogens is 3. The van der Waals surface area contributed by atoms with Gasteiger partial charge in [-0.1, -0.05) is 59.1 Å². The Balaban J connectivity index is 0.000000182. The average molecular weight is 859 g/mol. The lowest BCUT2D eigenvalue weighted by Gasteiger charge is -2.09. The lowest BCUT2D eigenvalue weighted by atomic mass is 10.1. The number of benzene rings is 6. The van der Waals surface area contributed by atoms with Gasteiger partial charge in [-0.3, -0.25) is 19.7 Å². The SMILES string of the molecule is Cc1ccc(NC(=O)c2ccc3nc(-c4c(Cl)cccc4Cl)n(C)c3c2)cc1C.Cc1ccc(NC(=O)c2ccc3nc(-c4c(Cl)cccc4[N+](=O)[O-])n(C)c3c2)cc1C. The first-order valence-electron chi connectivity index (χ1n) is 18.7. The minimum atomic E-state index is -0.483. The van der Waals surface area contributed by atoms with Gasteiger partial charge in [-0.05, 0) is 129 Å². The van der Waals surface area contributed by atoms with Crippen molar-refractivity contribution >= 4 is 85.7 Å². The van der Waals surface area contributed by atoms with Gasteiger partial charge in [0.2, 0.25) is 0 Å². The Hall–Kier alpha value is -6.53. The molecule has 0 spiro atoms. The molecule has 2 aromatic heterocycles. The number of nitrogens with zero attached hydrogens (tertiary/aromatic N) is 5. The third kappa shape index (κ3) is 8.33. The molecule has 302 valence electrons. The lowest BCUT2D eigenvalue weighted by molar-refractivity contribution is -0.384. The number of aryl methyl sites for hydroxylation is 6. The number of nitro groups is 1. The molecule has 0 aliphatic heterocycles. The number of nitrogens with one attached hydrogen (secondary N) is 2. The van der Waals surface area contributed by atoms with E-state index in [0.717, 1.165) is 33.4 Å². The largest absolute Gasteiger partial charge is 0.327 e. The van der Waals surface area contributed by atoms with E-state index in [9.17, 15) is 19.7 Å². The van der Waals surface area contributed by atoms with Crippen LogP contribution in [0, 0.1) is 37.8 Å². The molecule has 8 aromatic rings. The number of hydrogen-bond acceptors (Lipinski definition) is 6. The third-order valence-electron chi connectivity index (χ3n) is 10.4. The Morgan fingerprint density at radius 1 is 0.567 bits per heavy atom. The van der Waals surface area contributed by atoms with Crippen LogP contribution in [0.2, 0.25) is 15.1 Å². The van der Waals surface area contributed by atoms with Gasteiger partial charge in [0, 0.05) is 42.7 Å². The highest BCUT2D eigenvalue weighted by atomic mass is 35.5. The minimum Gasteiger partial charge on any atom is -0.327 e. The van der Waals surface area contributed by atoms with Crippen molar-refractivity contribution in [2.75, 3.05) is 10.6 Å². The van der Waals surface area contributed by atoms with E-state index < -0.39 is 4.92 Å². The minimum absolute atomic E-state index is 0.126. The van der Waals surface area contributed by atoms with E-state index in [1.165, 1.54) is 17.7 Å². The molecule has 60 heavy (non-hydrogen) atoms. The summed E-state index contributed by atoms with van der Waals surface area (Å²) < 4.78 is 3.60. The van der Waals surface area contributed by atoms with Gasteiger partial charge < -0.3 is 19.8 Å². The summed E-state index contributed by atoms with van der Waals surface area (Å²) in [5.74, 6) is 0.589. The number of rotatable bonds is 7. The summed E-state index contributed by atoms with van der Waals surface area (Å²) in [6, 6.07) is 32.0. The van der Waals surface area contributed by atoms with Crippen molar-refractivity contribution < 1.29 is 14.5 Å². The first-order chi connectivity index (χ1) is 28.6. The second-order valence-electron chi connectivity index (χ2n) is 14.4. The van der Waals surface area contributed by atoms with Crippen LogP contribution in [0.3, 0.4) is 0 Å². The Kier molecular flexibility index (Phi) is 11.8. The summed E-state index contributed by atoms with van der Waals surface area (Å²) in [6.07, 6.45) is 0. The summed E-state index contributed by atoms with van der Waals surface area (Å²) in [4.78, 5) is 45.8.